The van der Waals surface area contributed by atoms with Crippen LogP contribution in [-0.4, -0.2) is 12.1 Å². The van der Waals surface area contributed by atoms with E-state index >= 15 is 0 Å². The summed E-state index contributed by atoms with van der Waals surface area (Å²) in [4.78, 5) is 0. The van der Waals surface area contributed by atoms with Gasteiger partial charge in [0.05, 0.1) is 0 Å². The van der Waals surface area contributed by atoms with Crippen LogP contribution in [-0.2, 0) is 0 Å². The van der Waals surface area contributed by atoms with Crippen LogP contribution in [0.4, 0.5) is 0 Å². The van der Waals surface area contributed by atoms with Crippen molar-refractivity contribution in [2.24, 2.45) is 0 Å². The Morgan fingerprint density at radius 2 is 2.00 bits per heavy atom. The van der Waals surface area contributed by atoms with Gasteiger partial charge in [-0.05, 0) is 38.8 Å². The maximum atomic E-state index is 6.37. The Labute approximate surface area is 123 Å². The van der Waals surface area contributed by atoms with E-state index in [1.165, 1.54) is 24.0 Å². The van der Waals surface area contributed by atoms with Gasteiger partial charge in [-0.3, -0.25) is 0 Å². The monoisotopic (exact) mass is 275 g/mol. The largest absolute Gasteiger partial charge is 0.487 e. The fraction of sp³-hybridized carbons (Fsp3) is 0.667. The van der Waals surface area contributed by atoms with Gasteiger partial charge in [-0.2, -0.15) is 0 Å². The molecule has 112 valence electrons. The van der Waals surface area contributed by atoms with Crippen molar-refractivity contribution < 1.29 is 4.74 Å². The van der Waals surface area contributed by atoms with Crippen LogP contribution in [0.15, 0.2) is 18.2 Å². The second kappa shape index (κ2) is 6.62. The highest BCUT2D eigenvalue weighted by atomic mass is 16.5. The molecule has 1 aromatic carbocycles. The summed E-state index contributed by atoms with van der Waals surface area (Å²) in [5.74, 6) is 1.08. The van der Waals surface area contributed by atoms with Crippen LogP contribution in [0.5, 0.6) is 5.75 Å². The minimum absolute atomic E-state index is 0.00609. The third kappa shape index (κ3) is 3.17. The fourth-order valence-corrected chi connectivity index (χ4v) is 3.11. The predicted octanol–water partition coefficient (Wildman–Crippen LogP) is 4.77. The minimum Gasteiger partial charge on any atom is -0.487 e. The highest BCUT2D eigenvalue weighted by Gasteiger charge is 2.38. The van der Waals surface area contributed by atoms with Crippen molar-refractivity contribution >= 4 is 0 Å². The van der Waals surface area contributed by atoms with Crippen molar-refractivity contribution in [1.29, 1.82) is 0 Å². The molecule has 1 aromatic rings. The van der Waals surface area contributed by atoms with Crippen molar-refractivity contribution in [3.05, 3.63) is 29.3 Å². The lowest BCUT2D eigenvalue weighted by Gasteiger charge is -2.42. The molecule has 2 nitrogen and oxygen atoms in total. The van der Waals surface area contributed by atoms with Crippen molar-refractivity contribution in [2.75, 3.05) is 6.54 Å². The third-order valence-corrected chi connectivity index (χ3v) is 4.65. The summed E-state index contributed by atoms with van der Waals surface area (Å²) in [5.41, 5.74) is 2.67. The Balaban J connectivity index is 2.26. The van der Waals surface area contributed by atoms with E-state index in [1.807, 2.05) is 0 Å². The molecule has 1 aliphatic heterocycles. The average molecular weight is 275 g/mol. The highest BCUT2D eigenvalue weighted by Crippen LogP contribution is 2.43. The molecule has 2 rings (SSSR count). The number of benzene rings is 1. The molecule has 0 saturated carbocycles. The maximum Gasteiger partial charge on any atom is 0.124 e. The molecule has 1 heterocycles. The zero-order valence-electron chi connectivity index (χ0n) is 13.5. The Morgan fingerprint density at radius 1 is 1.25 bits per heavy atom. The molecular weight excluding hydrogens is 246 g/mol. The van der Waals surface area contributed by atoms with E-state index in [4.69, 9.17) is 4.74 Å². The Bertz CT molecular complexity index is 437. The molecule has 0 aromatic heterocycles. The molecule has 1 aliphatic rings. The van der Waals surface area contributed by atoms with Gasteiger partial charge in [-0.15, -0.1) is 0 Å². The fourth-order valence-electron chi connectivity index (χ4n) is 3.11. The van der Waals surface area contributed by atoms with Crippen LogP contribution in [0, 0.1) is 6.92 Å². The number of hydrogen-bond acceptors (Lipinski definition) is 2. The number of nitrogens with one attached hydrogen (secondary N) is 1. The van der Waals surface area contributed by atoms with E-state index in [2.05, 4.69) is 51.2 Å². The van der Waals surface area contributed by atoms with Gasteiger partial charge in [-0.1, -0.05) is 44.9 Å². The van der Waals surface area contributed by atoms with E-state index < -0.39 is 0 Å². The van der Waals surface area contributed by atoms with Gasteiger partial charge in [0.25, 0.3) is 0 Å². The minimum atomic E-state index is 0.00609. The van der Waals surface area contributed by atoms with E-state index in [1.54, 1.807) is 0 Å². The number of ether oxygens (including phenoxy) is 1. The molecule has 0 saturated heterocycles. The first kappa shape index (κ1) is 15.4. The van der Waals surface area contributed by atoms with Crippen LogP contribution in [0.1, 0.15) is 70.0 Å². The van der Waals surface area contributed by atoms with Gasteiger partial charge >= 0.3 is 0 Å². The van der Waals surface area contributed by atoms with Crippen molar-refractivity contribution in [3.8, 4) is 5.75 Å². The summed E-state index contributed by atoms with van der Waals surface area (Å²) in [6, 6.07) is 7.03. The normalized spacial score (nSPS) is 20.3. The lowest BCUT2D eigenvalue weighted by molar-refractivity contribution is 0.0228. The Hall–Kier alpha value is -1.02. The van der Waals surface area contributed by atoms with Gasteiger partial charge in [0, 0.05) is 18.0 Å². The molecule has 0 fully saturated rings. The van der Waals surface area contributed by atoms with E-state index in [-0.39, 0.29) is 5.60 Å². The number of unbranched alkanes of at least 4 members (excludes halogenated alkanes) is 1. The number of hydrogen-bond donors (Lipinski definition) is 1. The molecule has 20 heavy (non-hydrogen) atoms. The van der Waals surface area contributed by atoms with Gasteiger partial charge in [0.1, 0.15) is 11.4 Å². The first-order chi connectivity index (χ1) is 9.64. The molecule has 0 bridgehead atoms. The zero-order chi connectivity index (χ0) is 14.6. The van der Waals surface area contributed by atoms with Crippen LogP contribution in [0.25, 0.3) is 0 Å². The van der Waals surface area contributed by atoms with Crippen LogP contribution in [0.2, 0.25) is 0 Å². The standard InChI is InChI=1S/C18H29NO/c1-5-8-11-19-16-13-18(6-2,7-3)20-17-10-9-14(4)12-15(16)17/h9-10,12,16,19H,5-8,11,13H2,1-4H3. The molecule has 1 N–H and O–H groups in total. The Morgan fingerprint density at radius 3 is 2.65 bits per heavy atom. The molecule has 1 atom stereocenters. The average Bonchev–Trinajstić information content (AvgIpc) is 2.47. The molecule has 2 heteroatoms. The summed E-state index contributed by atoms with van der Waals surface area (Å²) >= 11 is 0. The highest BCUT2D eigenvalue weighted by molar-refractivity contribution is 5.41. The number of rotatable bonds is 6. The molecule has 0 radical (unpaired) electrons. The lowest BCUT2D eigenvalue weighted by Crippen LogP contribution is -2.43. The SMILES string of the molecule is CCCCNC1CC(CC)(CC)Oc2ccc(C)cc21. The van der Waals surface area contributed by atoms with E-state index in [0.717, 1.165) is 31.6 Å². The summed E-state index contributed by atoms with van der Waals surface area (Å²) < 4.78 is 6.37. The number of fused-ring (bicyclic) bond motifs is 1. The summed E-state index contributed by atoms with van der Waals surface area (Å²) in [6.45, 7) is 9.98. The summed E-state index contributed by atoms with van der Waals surface area (Å²) in [7, 11) is 0. The quantitative estimate of drug-likeness (QED) is 0.755. The van der Waals surface area contributed by atoms with Crippen LogP contribution < -0.4 is 10.1 Å². The maximum absolute atomic E-state index is 6.37. The molecule has 0 spiro atoms. The van der Waals surface area contributed by atoms with Crippen LogP contribution >= 0.6 is 0 Å². The van der Waals surface area contributed by atoms with Gasteiger partial charge in [-0.25, -0.2) is 0 Å². The predicted molar refractivity (Wildman–Crippen MR) is 85.4 cm³/mol. The molecule has 0 amide bonds. The summed E-state index contributed by atoms with van der Waals surface area (Å²) in [5, 5.41) is 3.75. The van der Waals surface area contributed by atoms with Crippen molar-refractivity contribution in [3.63, 3.8) is 0 Å². The van der Waals surface area contributed by atoms with Crippen molar-refractivity contribution in [2.45, 2.75) is 71.4 Å². The second-order valence-corrected chi connectivity index (χ2v) is 6.10. The first-order valence-electron chi connectivity index (χ1n) is 8.17. The molecular formula is C18H29NO. The Kier molecular flexibility index (Phi) is 5.09. The number of aryl methyl sites for hydroxylation is 1. The second-order valence-electron chi connectivity index (χ2n) is 6.10. The lowest BCUT2D eigenvalue weighted by atomic mass is 9.83. The third-order valence-electron chi connectivity index (χ3n) is 4.65. The molecule has 1 unspecified atom stereocenters. The van der Waals surface area contributed by atoms with Crippen molar-refractivity contribution in [1.82, 2.24) is 5.32 Å². The zero-order valence-corrected chi connectivity index (χ0v) is 13.5. The topological polar surface area (TPSA) is 21.3 Å². The van der Waals surface area contributed by atoms with E-state index in [0.29, 0.717) is 6.04 Å². The smallest absolute Gasteiger partial charge is 0.124 e. The van der Waals surface area contributed by atoms with E-state index in [9.17, 15) is 0 Å². The summed E-state index contributed by atoms with van der Waals surface area (Å²) in [6.07, 6.45) is 5.71. The van der Waals surface area contributed by atoms with Crippen LogP contribution in [0.3, 0.4) is 0 Å². The van der Waals surface area contributed by atoms with Gasteiger partial charge < -0.3 is 10.1 Å². The first-order valence-corrected chi connectivity index (χ1v) is 8.17. The van der Waals surface area contributed by atoms with Gasteiger partial charge in [0.15, 0.2) is 0 Å². The molecule has 0 aliphatic carbocycles. The van der Waals surface area contributed by atoms with Gasteiger partial charge in [0.2, 0.25) is 0 Å².